The van der Waals surface area contributed by atoms with Crippen molar-refractivity contribution in [3.8, 4) is 0 Å². The zero-order valence-corrected chi connectivity index (χ0v) is 10.5. The van der Waals surface area contributed by atoms with Crippen molar-refractivity contribution in [2.45, 2.75) is 20.8 Å². The molecule has 0 saturated carbocycles. The number of alkyl halides is 1. The number of ether oxygens (including phenoxy) is 1. The molecule has 0 saturated heterocycles. The fraction of sp³-hybridized carbons (Fsp3) is 0.417. The van der Waals surface area contributed by atoms with E-state index in [4.69, 9.17) is 16.3 Å². The summed E-state index contributed by atoms with van der Waals surface area (Å²) in [5.41, 5.74) is 3.37. The zero-order valence-electron chi connectivity index (χ0n) is 9.76. The molecule has 0 unspecified atom stereocenters. The average molecular weight is 242 g/mol. The van der Waals surface area contributed by atoms with Crippen LogP contribution in [0.3, 0.4) is 0 Å². The molecule has 1 aromatic rings. The van der Waals surface area contributed by atoms with Gasteiger partial charge in [-0.25, -0.2) is 4.79 Å². The van der Waals surface area contributed by atoms with Crippen LogP contribution in [0.25, 0.3) is 6.08 Å². The number of rotatable bonds is 4. The molecule has 0 aliphatic carbocycles. The smallest absolute Gasteiger partial charge is 0.355 e. The first-order valence-corrected chi connectivity index (χ1v) is 5.74. The third kappa shape index (κ3) is 2.67. The van der Waals surface area contributed by atoms with Crippen LogP contribution in [-0.2, 0) is 4.74 Å². The Morgan fingerprint density at radius 1 is 1.50 bits per heavy atom. The van der Waals surface area contributed by atoms with Crippen molar-refractivity contribution in [1.82, 2.24) is 4.98 Å². The Bertz CT molecular complexity index is 407. The summed E-state index contributed by atoms with van der Waals surface area (Å²) >= 11 is 5.59. The van der Waals surface area contributed by atoms with Crippen LogP contribution in [-0.4, -0.2) is 23.4 Å². The van der Waals surface area contributed by atoms with Gasteiger partial charge in [-0.2, -0.15) is 0 Å². The van der Waals surface area contributed by atoms with E-state index in [0.717, 1.165) is 16.8 Å². The number of nitrogens with one attached hydrogen (secondary N) is 1. The van der Waals surface area contributed by atoms with E-state index in [1.54, 1.807) is 6.92 Å². The summed E-state index contributed by atoms with van der Waals surface area (Å²) in [7, 11) is 0. The van der Waals surface area contributed by atoms with Gasteiger partial charge in [0.1, 0.15) is 5.69 Å². The van der Waals surface area contributed by atoms with Crippen molar-refractivity contribution >= 4 is 23.6 Å². The molecule has 1 heterocycles. The van der Waals surface area contributed by atoms with Gasteiger partial charge in [-0.1, -0.05) is 12.2 Å². The summed E-state index contributed by atoms with van der Waals surface area (Å²) in [6, 6.07) is 0. The number of carbonyl (C=O) groups is 1. The summed E-state index contributed by atoms with van der Waals surface area (Å²) < 4.78 is 4.96. The number of esters is 1. The van der Waals surface area contributed by atoms with Gasteiger partial charge in [-0.15, -0.1) is 11.6 Å². The topological polar surface area (TPSA) is 42.1 Å². The van der Waals surface area contributed by atoms with Crippen LogP contribution in [0, 0.1) is 13.8 Å². The van der Waals surface area contributed by atoms with E-state index < -0.39 is 0 Å². The van der Waals surface area contributed by atoms with Gasteiger partial charge < -0.3 is 9.72 Å². The minimum absolute atomic E-state index is 0.311. The third-order valence-corrected chi connectivity index (χ3v) is 2.53. The molecule has 0 spiro atoms. The maximum atomic E-state index is 11.6. The zero-order chi connectivity index (χ0) is 12.1. The number of carbonyl (C=O) groups excluding carboxylic acids is 1. The van der Waals surface area contributed by atoms with Gasteiger partial charge in [0.25, 0.3) is 0 Å². The van der Waals surface area contributed by atoms with Crippen LogP contribution in [0.1, 0.15) is 34.2 Å². The van der Waals surface area contributed by atoms with Crippen LogP contribution >= 0.6 is 11.6 Å². The van der Waals surface area contributed by atoms with Gasteiger partial charge in [0.15, 0.2) is 0 Å². The molecule has 0 bridgehead atoms. The Balaban J connectivity index is 3.06. The van der Waals surface area contributed by atoms with E-state index in [0.29, 0.717) is 18.2 Å². The van der Waals surface area contributed by atoms with Crippen LogP contribution in [0.5, 0.6) is 0 Å². The molecule has 16 heavy (non-hydrogen) atoms. The summed E-state index contributed by atoms with van der Waals surface area (Å²) in [6.45, 7) is 5.98. The van der Waals surface area contributed by atoms with Crippen molar-refractivity contribution in [2.24, 2.45) is 0 Å². The van der Waals surface area contributed by atoms with Crippen molar-refractivity contribution in [2.75, 3.05) is 12.5 Å². The second kappa shape index (κ2) is 5.75. The molecule has 1 N–H and O–H groups in total. The molecule has 0 atom stereocenters. The molecule has 0 aliphatic heterocycles. The molecular formula is C12H16ClNO2. The first kappa shape index (κ1) is 12.8. The molecule has 0 radical (unpaired) electrons. The quantitative estimate of drug-likeness (QED) is 0.650. The SMILES string of the molecule is CCOC(=O)c1[nH]c(C)c(C=CCCl)c1C. The van der Waals surface area contributed by atoms with E-state index in [1.807, 2.05) is 26.0 Å². The van der Waals surface area contributed by atoms with Crippen molar-refractivity contribution in [1.29, 1.82) is 0 Å². The second-order valence-electron chi connectivity index (χ2n) is 3.44. The molecule has 0 fully saturated rings. The van der Waals surface area contributed by atoms with Crippen LogP contribution in [0.4, 0.5) is 0 Å². The molecule has 0 aromatic carbocycles. The van der Waals surface area contributed by atoms with E-state index in [2.05, 4.69) is 4.98 Å². The fourth-order valence-corrected chi connectivity index (χ4v) is 1.67. The number of aromatic amines is 1. The van der Waals surface area contributed by atoms with E-state index in [9.17, 15) is 4.79 Å². The number of aromatic nitrogens is 1. The summed E-state index contributed by atoms with van der Waals surface area (Å²) in [6.07, 6.45) is 3.76. The largest absolute Gasteiger partial charge is 0.461 e. The molecule has 1 rings (SSSR count). The highest BCUT2D eigenvalue weighted by molar-refractivity contribution is 6.19. The second-order valence-corrected chi connectivity index (χ2v) is 3.75. The van der Waals surface area contributed by atoms with Gasteiger partial charge in [-0.3, -0.25) is 0 Å². The number of aryl methyl sites for hydroxylation is 1. The highest BCUT2D eigenvalue weighted by Crippen LogP contribution is 2.20. The Hall–Kier alpha value is -1.22. The molecule has 88 valence electrons. The van der Waals surface area contributed by atoms with Gasteiger partial charge in [0.2, 0.25) is 0 Å². The lowest BCUT2D eigenvalue weighted by atomic mass is 10.1. The van der Waals surface area contributed by atoms with E-state index in [-0.39, 0.29) is 5.97 Å². The van der Waals surface area contributed by atoms with Crippen molar-refractivity contribution in [3.63, 3.8) is 0 Å². The Morgan fingerprint density at radius 2 is 2.19 bits per heavy atom. The standard InChI is InChI=1S/C12H16ClNO2/c1-4-16-12(15)11-8(2)10(6-5-7-13)9(3)14-11/h5-6,14H,4,7H2,1-3H3. The number of H-pyrrole nitrogens is 1. The Kier molecular flexibility index (Phi) is 4.62. The monoisotopic (exact) mass is 241 g/mol. The van der Waals surface area contributed by atoms with E-state index in [1.165, 1.54) is 0 Å². The molecule has 3 nitrogen and oxygen atoms in total. The first-order valence-electron chi connectivity index (χ1n) is 5.20. The Labute approximate surface area is 100 Å². The normalized spacial score (nSPS) is 11.0. The average Bonchev–Trinajstić information content (AvgIpc) is 2.53. The lowest BCUT2D eigenvalue weighted by Gasteiger charge is -2.00. The number of allylic oxidation sites excluding steroid dienone is 1. The van der Waals surface area contributed by atoms with Gasteiger partial charge in [0.05, 0.1) is 6.61 Å². The van der Waals surface area contributed by atoms with Crippen LogP contribution in [0.15, 0.2) is 6.08 Å². The van der Waals surface area contributed by atoms with Gasteiger partial charge in [-0.05, 0) is 31.9 Å². The van der Waals surface area contributed by atoms with Crippen LogP contribution in [0.2, 0.25) is 0 Å². The minimum Gasteiger partial charge on any atom is -0.461 e. The lowest BCUT2D eigenvalue weighted by molar-refractivity contribution is 0.0519. The molecule has 0 amide bonds. The molecular weight excluding hydrogens is 226 g/mol. The molecule has 4 heteroatoms. The summed E-state index contributed by atoms with van der Waals surface area (Å²) in [4.78, 5) is 14.6. The minimum atomic E-state index is -0.311. The number of hydrogen-bond donors (Lipinski definition) is 1. The maximum Gasteiger partial charge on any atom is 0.355 e. The number of hydrogen-bond acceptors (Lipinski definition) is 2. The summed E-state index contributed by atoms with van der Waals surface area (Å²) in [5.74, 6) is 0.146. The maximum absolute atomic E-state index is 11.6. The number of halogens is 1. The highest BCUT2D eigenvalue weighted by atomic mass is 35.5. The molecule has 0 aliphatic rings. The van der Waals surface area contributed by atoms with Gasteiger partial charge in [0, 0.05) is 11.6 Å². The Morgan fingerprint density at radius 3 is 2.75 bits per heavy atom. The predicted octanol–water partition coefficient (Wildman–Crippen LogP) is 3.06. The fourth-order valence-electron chi connectivity index (χ4n) is 1.58. The van der Waals surface area contributed by atoms with Crippen molar-refractivity contribution in [3.05, 3.63) is 28.6 Å². The molecule has 1 aromatic heterocycles. The van der Waals surface area contributed by atoms with E-state index >= 15 is 0 Å². The summed E-state index contributed by atoms with van der Waals surface area (Å²) in [5, 5.41) is 0. The predicted molar refractivity (Wildman–Crippen MR) is 66.0 cm³/mol. The van der Waals surface area contributed by atoms with Gasteiger partial charge >= 0.3 is 5.97 Å². The highest BCUT2D eigenvalue weighted by Gasteiger charge is 2.16. The lowest BCUT2D eigenvalue weighted by Crippen LogP contribution is -2.06. The third-order valence-electron chi connectivity index (χ3n) is 2.35. The van der Waals surface area contributed by atoms with Crippen molar-refractivity contribution < 1.29 is 9.53 Å². The first-order chi connectivity index (χ1) is 7.61. The van der Waals surface area contributed by atoms with Crippen LogP contribution < -0.4 is 0 Å².